The van der Waals surface area contributed by atoms with Gasteiger partial charge in [-0.25, -0.2) is 14.1 Å². The summed E-state index contributed by atoms with van der Waals surface area (Å²) in [6.07, 6.45) is 2.13. The Morgan fingerprint density at radius 1 is 1.18 bits per heavy atom. The molecule has 0 fully saturated rings. The lowest BCUT2D eigenvalue weighted by atomic mass is 10.1. The van der Waals surface area contributed by atoms with E-state index in [1.54, 1.807) is 12.1 Å². The molecule has 33 heavy (non-hydrogen) atoms. The predicted octanol–water partition coefficient (Wildman–Crippen LogP) is 5.32. The molecule has 0 bridgehead atoms. The van der Waals surface area contributed by atoms with Crippen molar-refractivity contribution in [1.82, 2.24) is 20.1 Å². The monoisotopic (exact) mass is 617 g/mol. The summed E-state index contributed by atoms with van der Waals surface area (Å²) in [6.45, 7) is 1.16. The number of hydrogen-bond acceptors (Lipinski definition) is 5. The molecule has 3 rings (SSSR count). The fourth-order valence-corrected chi connectivity index (χ4v) is 4.16. The van der Waals surface area contributed by atoms with E-state index in [9.17, 15) is 14.4 Å². The SMILES string of the molecule is CC(=O)NC(=O)c1cc(Cl)cc(Br)c1NC(=O)C=C(F)c1cc(Br)nn1-c1ncccc1Cl. The minimum absolute atomic E-state index is 0.00495. The Morgan fingerprint density at radius 3 is 2.58 bits per heavy atom. The quantitative estimate of drug-likeness (QED) is 0.376. The molecule has 1 aromatic carbocycles. The average molecular weight is 620 g/mol. The molecule has 0 atom stereocenters. The molecule has 2 N–H and O–H groups in total. The number of amides is 3. The van der Waals surface area contributed by atoms with Crippen LogP contribution < -0.4 is 10.6 Å². The average Bonchev–Trinajstić information content (AvgIpc) is 3.11. The number of carbonyl (C=O) groups is 3. The van der Waals surface area contributed by atoms with Gasteiger partial charge in [-0.3, -0.25) is 19.7 Å². The van der Waals surface area contributed by atoms with Gasteiger partial charge in [0.05, 0.1) is 16.3 Å². The predicted molar refractivity (Wildman–Crippen MR) is 129 cm³/mol. The summed E-state index contributed by atoms with van der Waals surface area (Å²) >= 11 is 18.5. The van der Waals surface area contributed by atoms with Crippen LogP contribution in [0.15, 0.2) is 51.7 Å². The molecule has 2 aromatic heterocycles. The van der Waals surface area contributed by atoms with Gasteiger partial charge in [-0.1, -0.05) is 23.2 Å². The number of rotatable bonds is 5. The highest BCUT2D eigenvalue weighted by Crippen LogP contribution is 2.31. The molecule has 3 aromatic rings. The van der Waals surface area contributed by atoms with Gasteiger partial charge in [0.2, 0.25) is 5.91 Å². The van der Waals surface area contributed by atoms with Gasteiger partial charge in [0, 0.05) is 34.8 Å². The van der Waals surface area contributed by atoms with Crippen molar-refractivity contribution in [2.45, 2.75) is 6.92 Å². The fraction of sp³-hybridized carbons (Fsp3) is 0.0500. The van der Waals surface area contributed by atoms with Crippen molar-refractivity contribution in [1.29, 1.82) is 0 Å². The van der Waals surface area contributed by atoms with E-state index >= 15 is 4.39 Å². The van der Waals surface area contributed by atoms with Gasteiger partial charge in [0.15, 0.2) is 11.6 Å². The van der Waals surface area contributed by atoms with E-state index in [2.05, 4.69) is 52.6 Å². The van der Waals surface area contributed by atoms with E-state index in [4.69, 9.17) is 23.2 Å². The van der Waals surface area contributed by atoms with Crippen LogP contribution in [0.5, 0.6) is 0 Å². The van der Waals surface area contributed by atoms with Crippen LogP contribution in [0, 0.1) is 0 Å². The Kier molecular flexibility index (Phi) is 8.01. The molecule has 0 saturated heterocycles. The van der Waals surface area contributed by atoms with Gasteiger partial charge < -0.3 is 5.32 Å². The highest BCUT2D eigenvalue weighted by Gasteiger charge is 2.20. The van der Waals surface area contributed by atoms with Crippen molar-refractivity contribution in [2.24, 2.45) is 0 Å². The number of nitrogens with zero attached hydrogens (tertiary/aromatic N) is 3. The van der Waals surface area contributed by atoms with Crippen molar-refractivity contribution in [2.75, 3.05) is 5.32 Å². The second-order valence-electron chi connectivity index (χ2n) is 6.37. The first kappa shape index (κ1) is 25.0. The molecule has 0 aliphatic heterocycles. The molecule has 8 nitrogen and oxygen atoms in total. The van der Waals surface area contributed by atoms with Crippen molar-refractivity contribution in [3.05, 3.63) is 73.0 Å². The maximum atomic E-state index is 15.1. The standard InChI is InChI=1S/C20H12Br2Cl2FN5O3/c1-9(31)27-20(33)11-5-10(23)6-12(21)18(11)28-17(32)7-14(25)15-8-16(22)29-30(15)19-13(24)3-2-4-26-19/h2-8H,1H3,(H,28,32)(H,27,31,33). The Morgan fingerprint density at radius 2 is 1.91 bits per heavy atom. The van der Waals surface area contributed by atoms with Crippen LogP contribution in [0.3, 0.4) is 0 Å². The van der Waals surface area contributed by atoms with Crippen LogP contribution in [0.2, 0.25) is 10.0 Å². The largest absolute Gasteiger partial charge is 0.321 e. The summed E-state index contributed by atoms with van der Waals surface area (Å²) in [4.78, 5) is 40.3. The molecule has 0 spiro atoms. The molecular formula is C20H12Br2Cl2FN5O3. The third kappa shape index (κ3) is 6.05. The van der Waals surface area contributed by atoms with Crippen molar-refractivity contribution in [3.63, 3.8) is 0 Å². The van der Waals surface area contributed by atoms with Gasteiger partial charge in [-0.2, -0.15) is 5.10 Å². The van der Waals surface area contributed by atoms with E-state index in [1.807, 2.05) is 0 Å². The maximum Gasteiger partial charge on any atom is 0.260 e. The normalized spacial score (nSPS) is 11.3. The summed E-state index contributed by atoms with van der Waals surface area (Å²) in [5, 5.41) is 9.02. The van der Waals surface area contributed by atoms with Crippen LogP contribution in [0.25, 0.3) is 11.6 Å². The molecule has 2 heterocycles. The Bertz CT molecular complexity index is 1310. The highest BCUT2D eigenvalue weighted by atomic mass is 79.9. The first-order valence-electron chi connectivity index (χ1n) is 8.92. The molecule has 0 aliphatic carbocycles. The summed E-state index contributed by atoms with van der Waals surface area (Å²) < 4.78 is 16.7. The number of aromatic nitrogens is 3. The van der Waals surface area contributed by atoms with E-state index in [0.29, 0.717) is 6.08 Å². The minimum Gasteiger partial charge on any atom is -0.321 e. The summed E-state index contributed by atoms with van der Waals surface area (Å²) in [5.74, 6) is -3.09. The Balaban J connectivity index is 1.95. The number of carbonyl (C=O) groups excluding carboxylic acids is 3. The molecule has 0 aliphatic rings. The lowest BCUT2D eigenvalue weighted by Gasteiger charge is -2.12. The van der Waals surface area contributed by atoms with Crippen molar-refractivity contribution < 1.29 is 18.8 Å². The highest BCUT2D eigenvalue weighted by molar-refractivity contribution is 9.10. The van der Waals surface area contributed by atoms with Gasteiger partial charge in [0.1, 0.15) is 10.3 Å². The molecule has 0 saturated carbocycles. The molecule has 3 amide bonds. The van der Waals surface area contributed by atoms with Crippen molar-refractivity contribution >= 4 is 84.3 Å². The first-order valence-corrected chi connectivity index (χ1v) is 11.3. The number of nitrogens with one attached hydrogen (secondary N) is 2. The first-order chi connectivity index (χ1) is 15.6. The van der Waals surface area contributed by atoms with E-state index < -0.39 is 23.5 Å². The second kappa shape index (κ2) is 10.6. The van der Waals surface area contributed by atoms with Gasteiger partial charge >= 0.3 is 0 Å². The van der Waals surface area contributed by atoms with Crippen LogP contribution in [0.1, 0.15) is 23.0 Å². The van der Waals surface area contributed by atoms with E-state index in [0.717, 1.165) is 11.6 Å². The van der Waals surface area contributed by atoms with Gasteiger partial charge in [-0.05, 0) is 56.1 Å². The molecular weight excluding hydrogens is 608 g/mol. The number of halogens is 5. The van der Waals surface area contributed by atoms with Crippen LogP contribution in [-0.4, -0.2) is 32.5 Å². The van der Waals surface area contributed by atoms with Crippen LogP contribution >= 0.6 is 55.1 Å². The number of pyridine rings is 1. The van der Waals surface area contributed by atoms with Crippen molar-refractivity contribution in [3.8, 4) is 5.82 Å². The number of anilines is 1. The van der Waals surface area contributed by atoms with Crippen LogP contribution in [-0.2, 0) is 9.59 Å². The van der Waals surface area contributed by atoms with E-state index in [-0.39, 0.29) is 41.9 Å². The molecule has 0 radical (unpaired) electrons. The second-order valence-corrected chi connectivity index (χ2v) is 8.89. The smallest absolute Gasteiger partial charge is 0.260 e. The molecule has 170 valence electrons. The number of imide groups is 1. The minimum atomic E-state index is -0.952. The zero-order valence-corrected chi connectivity index (χ0v) is 21.2. The topological polar surface area (TPSA) is 106 Å². The number of hydrogen-bond donors (Lipinski definition) is 2. The van der Waals surface area contributed by atoms with Gasteiger partial charge in [0.25, 0.3) is 11.8 Å². The summed E-state index contributed by atoms with van der Waals surface area (Å²) in [7, 11) is 0. The Hall–Kier alpha value is -2.60. The summed E-state index contributed by atoms with van der Waals surface area (Å²) in [6, 6.07) is 7.19. The zero-order valence-electron chi connectivity index (χ0n) is 16.5. The maximum absolute atomic E-state index is 15.1. The molecule has 13 heteroatoms. The zero-order chi connectivity index (χ0) is 24.3. The fourth-order valence-electron chi connectivity index (χ4n) is 2.67. The third-order valence-electron chi connectivity index (χ3n) is 3.96. The summed E-state index contributed by atoms with van der Waals surface area (Å²) in [5.41, 5.74) is -0.197. The lowest BCUT2D eigenvalue weighted by molar-refractivity contribution is -0.118. The van der Waals surface area contributed by atoms with Gasteiger partial charge in [-0.15, -0.1) is 0 Å². The Labute approximate surface area is 213 Å². The van der Waals surface area contributed by atoms with Crippen LogP contribution in [0.4, 0.5) is 10.1 Å². The third-order valence-corrected chi connectivity index (χ3v) is 5.49. The lowest BCUT2D eigenvalue weighted by Crippen LogP contribution is -2.29. The molecule has 0 unspecified atom stereocenters. The number of benzene rings is 1. The van der Waals surface area contributed by atoms with E-state index in [1.165, 1.54) is 24.4 Å².